The molecule has 0 saturated carbocycles. The summed E-state index contributed by atoms with van der Waals surface area (Å²) in [5.41, 5.74) is 3.13. The van der Waals surface area contributed by atoms with E-state index in [1.165, 1.54) is 4.31 Å². The van der Waals surface area contributed by atoms with Crippen molar-refractivity contribution in [1.82, 2.24) is 19.2 Å². The highest BCUT2D eigenvalue weighted by Gasteiger charge is 2.35. The third-order valence-electron chi connectivity index (χ3n) is 6.16. The zero-order chi connectivity index (χ0) is 22.2. The third kappa shape index (κ3) is 4.35. The first-order chi connectivity index (χ1) is 14.8. The number of nitrogens with zero attached hydrogens (tertiary/aromatic N) is 4. The summed E-state index contributed by atoms with van der Waals surface area (Å²) in [4.78, 5) is 23.8. The highest BCUT2D eigenvalue weighted by molar-refractivity contribution is 7.89. The number of hydrogen-bond acceptors (Lipinski definition) is 6. The molecule has 0 radical (unpaired) electrons. The molecule has 166 valence electrons. The number of hydrogen-bond donors (Lipinski definition) is 0. The van der Waals surface area contributed by atoms with E-state index in [1.54, 1.807) is 30.2 Å². The lowest BCUT2D eigenvalue weighted by molar-refractivity contribution is 0.0301. The molecule has 2 aliphatic rings. The summed E-state index contributed by atoms with van der Waals surface area (Å²) in [6, 6.07) is 5.23. The highest BCUT2D eigenvalue weighted by atomic mass is 32.2. The Morgan fingerprint density at radius 1 is 1.10 bits per heavy atom. The molecule has 1 amide bonds. The summed E-state index contributed by atoms with van der Waals surface area (Å²) in [5.74, 6) is 0.416. The molecule has 2 aromatic rings. The van der Waals surface area contributed by atoms with Crippen LogP contribution in [-0.4, -0.2) is 72.9 Å². The second-order valence-corrected chi connectivity index (χ2v) is 10.2. The monoisotopic (exact) mass is 444 g/mol. The molecule has 1 aromatic heterocycles. The number of amides is 1. The molecule has 2 saturated heterocycles. The molecule has 1 atom stereocenters. The number of aromatic nitrogens is 2. The molecule has 1 aromatic carbocycles. The molecule has 0 N–H and O–H groups in total. The van der Waals surface area contributed by atoms with Crippen molar-refractivity contribution in [3.63, 3.8) is 0 Å². The van der Waals surface area contributed by atoms with Gasteiger partial charge in [0.1, 0.15) is 5.82 Å². The van der Waals surface area contributed by atoms with Crippen molar-refractivity contribution in [3.05, 3.63) is 52.6 Å². The van der Waals surface area contributed by atoms with Crippen molar-refractivity contribution in [2.45, 2.75) is 38.0 Å². The van der Waals surface area contributed by atoms with Crippen LogP contribution >= 0.6 is 0 Å². The molecular weight excluding hydrogens is 416 g/mol. The summed E-state index contributed by atoms with van der Waals surface area (Å²) in [7, 11) is -3.56. The number of sulfonamides is 1. The molecule has 9 heteroatoms. The normalized spacial score (nSPS) is 20.2. The smallest absolute Gasteiger partial charge is 0.257 e. The van der Waals surface area contributed by atoms with Crippen molar-refractivity contribution in [3.8, 4) is 0 Å². The first-order valence-electron chi connectivity index (χ1n) is 10.6. The fraction of sp³-hybridized carbons (Fsp3) is 0.500. The van der Waals surface area contributed by atoms with E-state index in [0.717, 1.165) is 11.1 Å². The molecule has 4 rings (SSSR count). The number of carbonyl (C=O) groups excluding carboxylic acids is 1. The van der Waals surface area contributed by atoms with Gasteiger partial charge in [-0.25, -0.2) is 18.4 Å². The van der Waals surface area contributed by atoms with Crippen LogP contribution in [0, 0.1) is 20.8 Å². The van der Waals surface area contributed by atoms with E-state index in [2.05, 4.69) is 9.97 Å². The van der Waals surface area contributed by atoms with E-state index in [0.29, 0.717) is 67.8 Å². The van der Waals surface area contributed by atoms with Crippen LogP contribution in [0.3, 0.4) is 0 Å². The Kier molecular flexibility index (Phi) is 6.09. The lowest BCUT2D eigenvalue weighted by Crippen LogP contribution is -2.41. The largest absolute Gasteiger partial charge is 0.378 e. The molecule has 2 fully saturated rings. The van der Waals surface area contributed by atoms with Crippen molar-refractivity contribution >= 4 is 15.9 Å². The Morgan fingerprint density at radius 3 is 2.52 bits per heavy atom. The Hall–Kier alpha value is -2.36. The highest BCUT2D eigenvalue weighted by Crippen LogP contribution is 2.30. The maximum Gasteiger partial charge on any atom is 0.257 e. The van der Waals surface area contributed by atoms with Gasteiger partial charge in [-0.15, -0.1) is 0 Å². The molecule has 0 bridgehead atoms. The van der Waals surface area contributed by atoms with Crippen LogP contribution in [0.5, 0.6) is 0 Å². The number of benzene rings is 1. The quantitative estimate of drug-likeness (QED) is 0.717. The maximum absolute atomic E-state index is 13.1. The summed E-state index contributed by atoms with van der Waals surface area (Å²) in [6.45, 7) is 8.65. The average molecular weight is 445 g/mol. The van der Waals surface area contributed by atoms with Crippen molar-refractivity contribution in [1.29, 1.82) is 0 Å². The molecule has 31 heavy (non-hydrogen) atoms. The van der Waals surface area contributed by atoms with Crippen LogP contribution in [0.2, 0.25) is 0 Å². The molecular formula is C22H28N4O4S. The van der Waals surface area contributed by atoms with Gasteiger partial charge in [-0.1, -0.05) is 6.07 Å². The Bertz CT molecular complexity index is 1100. The summed E-state index contributed by atoms with van der Waals surface area (Å²) < 4.78 is 33.0. The third-order valence-corrected chi connectivity index (χ3v) is 8.02. The van der Waals surface area contributed by atoms with Gasteiger partial charge in [0.05, 0.1) is 29.4 Å². The Balaban J connectivity index is 1.49. The topological polar surface area (TPSA) is 92.7 Å². The average Bonchev–Trinajstić information content (AvgIpc) is 3.27. The summed E-state index contributed by atoms with van der Waals surface area (Å²) >= 11 is 0. The molecule has 3 heterocycles. The zero-order valence-electron chi connectivity index (χ0n) is 18.2. The van der Waals surface area contributed by atoms with Gasteiger partial charge in [0, 0.05) is 38.3 Å². The van der Waals surface area contributed by atoms with E-state index >= 15 is 0 Å². The van der Waals surface area contributed by atoms with Gasteiger partial charge in [0.15, 0.2) is 0 Å². The Labute approximate surface area is 183 Å². The zero-order valence-corrected chi connectivity index (χ0v) is 19.0. The van der Waals surface area contributed by atoms with Crippen molar-refractivity contribution < 1.29 is 17.9 Å². The van der Waals surface area contributed by atoms with Crippen LogP contribution in [0.1, 0.15) is 45.3 Å². The number of morpholine rings is 1. The van der Waals surface area contributed by atoms with Crippen molar-refractivity contribution in [2.75, 3.05) is 39.4 Å². The molecule has 8 nitrogen and oxygen atoms in total. The summed E-state index contributed by atoms with van der Waals surface area (Å²) in [6.07, 6.45) is 2.23. The molecule has 0 unspecified atom stereocenters. The van der Waals surface area contributed by atoms with Gasteiger partial charge in [-0.05, 0) is 50.5 Å². The fourth-order valence-electron chi connectivity index (χ4n) is 4.01. The van der Waals surface area contributed by atoms with Gasteiger partial charge >= 0.3 is 0 Å². The number of carbonyl (C=O) groups is 1. The first-order valence-corrected chi connectivity index (χ1v) is 12.0. The van der Waals surface area contributed by atoms with Gasteiger partial charge in [0.25, 0.3) is 5.91 Å². The lowest BCUT2D eigenvalue weighted by atomic mass is 10.1. The van der Waals surface area contributed by atoms with Crippen LogP contribution in [0.25, 0.3) is 0 Å². The van der Waals surface area contributed by atoms with Gasteiger partial charge in [0.2, 0.25) is 10.0 Å². The van der Waals surface area contributed by atoms with Crippen molar-refractivity contribution in [2.24, 2.45) is 0 Å². The predicted molar refractivity (Wildman–Crippen MR) is 116 cm³/mol. The minimum atomic E-state index is -3.56. The van der Waals surface area contributed by atoms with Gasteiger partial charge in [-0.2, -0.15) is 4.31 Å². The second kappa shape index (κ2) is 8.64. The second-order valence-electron chi connectivity index (χ2n) is 8.23. The summed E-state index contributed by atoms with van der Waals surface area (Å²) in [5, 5.41) is 0. The minimum absolute atomic E-state index is 0.0854. The molecule has 0 aliphatic carbocycles. The number of rotatable bonds is 4. The van der Waals surface area contributed by atoms with Crippen LogP contribution in [0.15, 0.2) is 29.3 Å². The van der Waals surface area contributed by atoms with E-state index in [4.69, 9.17) is 4.74 Å². The van der Waals surface area contributed by atoms with E-state index in [-0.39, 0.29) is 11.8 Å². The van der Waals surface area contributed by atoms with Crippen LogP contribution in [0.4, 0.5) is 0 Å². The van der Waals surface area contributed by atoms with Crippen LogP contribution in [-0.2, 0) is 14.8 Å². The molecule has 2 aliphatic heterocycles. The van der Waals surface area contributed by atoms with Gasteiger partial charge < -0.3 is 9.64 Å². The number of ether oxygens (including phenoxy) is 1. The van der Waals surface area contributed by atoms with Crippen LogP contribution < -0.4 is 0 Å². The van der Waals surface area contributed by atoms with Gasteiger partial charge in [-0.3, -0.25) is 4.79 Å². The van der Waals surface area contributed by atoms with E-state index in [9.17, 15) is 13.2 Å². The first kappa shape index (κ1) is 21.9. The predicted octanol–water partition coefficient (Wildman–Crippen LogP) is 2.05. The lowest BCUT2D eigenvalue weighted by Gasteiger charge is -2.27. The Morgan fingerprint density at radius 2 is 1.84 bits per heavy atom. The standard InChI is InChI=1S/C22H28N4O4S/c1-15-4-5-19(12-16(15)2)31(28,29)26-7-6-18(14-26)21-23-13-20(17(3)24-21)22(27)25-8-10-30-11-9-25/h4-5,12-13,18H,6-11,14H2,1-3H3/t18-/m0/s1. The number of aryl methyl sites for hydroxylation is 3. The minimum Gasteiger partial charge on any atom is -0.378 e. The maximum atomic E-state index is 13.1. The van der Waals surface area contributed by atoms with E-state index < -0.39 is 10.0 Å². The van der Waals surface area contributed by atoms with E-state index in [1.807, 2.05) is 19.9 Å². The fourth-order valence-corrected chi connectivity index (χ4v) is 5.60. The molecule has 0 spiro atoms. The SMILES string of the molecule is Cc1ccc(S(=O)(=O)N2CC[C@H](c3ncc(C(=O)N4CCOCC4)c(C)n3)C2)cc1C.